The van der Waals surface area contributed by atoms with Crippen LogP contribution in [0.2, 0.25) is 0 Å². The van der Waals surface area contributed by atoms with Gasteiger partial charge in [-0.3, -0.25) is 4.79 Å². The molecule has 0 aromatic heterocycles. The summed E-state index contributed by atoms with van der Waals surface area (Å²) in [6, 6.07) is 10.5. The molecule has 0 saturated heterocycles. The Hall–Kier alpha value is -3.19. The molecule has 0 radical (unpaired) electrons. The van der Waals surface area contributed by atoms with E-state index in [0.717, 1.165) is 11.6 Å². The second-order valence-electron chi connectivity index (χ2n) is 5.78. The minimum atomic E-state index is -1.20. The van der Waals surface area contributed by atoms with Crippen molar-refractivity contribution >= 4 is 17.9 Å². The Kier molecular flexibility index (Phi) is 6.08. The first-order chi connectivity index (χ1) is 12.3. The van der Waals surface area contributed by atoms with Gasteiger partial charge in [0.15, 0.2) is 0 Å². The molecule has 7 nitrogen and oxygen atoms in total. The highest BCUT2D eigenvalue weighted by Gasteiger charge is 2.15. The summed E-state index contributed by atoms with van der Waals surface area (Å²) >= 11 is 0. The van der Waals surface area contributed by atoms with Gasteiger partial charge in [-0.05, 0) is 47.7 Å². The first kappa shape index (κ1) is 19.1. The summed E-state index contributed by atoms with van der Waals surface area (Å²) in [4.78, 5) is 33.9. The molecule has 0 bridgehead atoms. The van der Waals surface area contributed by atoms with Gasteiger partial charge in [0.1, 0.15) is 6.04 Å². The van der Waals surface area contributed by atoms with Gasteiger partial charge < -0.3 is 20.7 Å². The minimum Gasteiger partial charge on any atom is -0.478 e. The highest BCUT2D eigenvalue weighted by Crippen LogP contribution is 2.24. The van der Waals surface area contributed by atoms with Crippen LogP contribution in [0.1, 0.15) is 32.7 Å². The third kappa shape index (κ3) is 4.67. The largest absolute Gasteiger partial charge is 0.478 e. The Morgan fingerprint density at radius 1 is 1.00 bits per heavy atom. The molecule has 1 unspecified atom stereocenters. The fourth-order valence-corrected chi connectivity index (χ4v) is 2.54. The maximum absolute atomic E-state index is 11.4. The van der Waals surface area contributed by atoms with Crippen LogP contribution in [0, 0.1) is 0 Å². The SMILES string of the molecule is COC(=O)C(N)CCc1cccc(-c2cc(C(=O)O)cc(C(=O)O)c2)c1. The van der Waals surface area contributed by atoms with Gasteiger partial charge in [-0.2, -0.15) is 0 Å². The van der Waals surface area contributed by atoms with Crippen LogP contribution in [-0.4, -0.2) is 41.3 Å². The predicted molar refractivity (Wildman–Crippen MR) is 94.1 cm³/mol. The topological polar surface area (TPSA) is 127 Å². The number of esters is 1. The maximum atomic E-state index is 11.4. The number of ether oxygens (including phenoxy) is 1. The van der Waals surface area contributed by atoms with E-state index in [0.29, 0.717) is 24.0 Å². The van der Waals surface area contributed by atoms with Crippen molar-refractivity contribution in [2.75, 3.05) is 7.11 Å². The summed E-state index contributed by atoms with van der Waals surface area (Å²) in [5.74, 6) is -2.88. The van der Waals surface area contributed by atoms with Crippen molar-refractivity contribution in [1.82, 2.24) is 0 Å². The van der Waals surface area contributed by atoms with Crippen molar-refractivity contribution in [2.24, 2.45) is 5.73 Å². The molecular formula is C19H19NO6. The smallest absolute Gasteiger partial charge is 0.335 e. The van der Waals surface area contributed by atoms with Crippen molar-refractivity contribution in [3.63, 3.8) is 0 Å². The van der Waals surface area contributed by atoms with Crippen molar-refractivity contribution in [2.45, 2.75) is 18.9 Å². The molecule has 0 saturated carbocycles. The van der Waals surface area contributed by atoms with Crippen molar-refractivity contribution in [3.05, 3.63) is 59.2 Å². The lowest BCUT2D eigenvalue weighted by Crippen LogP contribution is -2.31. The lowest BCUT2D eigenvalue weighted by atomic mass is 9.96. The molecule has 0 aliphatic rings. The van der Waals surface area contributed by atoms with Crippen molar-refractivity contribution < 1.29 is 29.3 Å². The van der Waals surface area contributed by atoms with Gasteiger partial charge >= 0.3 is 17.9 Å². The highest BCUT2D eigenvalue weighted by molar-refractivity contribution is 5.96. The van der Waals surface area contributed by atoms with Crippen molar-refractivity contribution in [3.8, 4) is 11.1 Å². The third-order valence-electron chi connectivity index (χ3n) is 3.94. The zero-order chi connectivity index (χ0) is 19.3. The predicted octanol–water partition coefficient (Wildman–Crippen LogP) is 2.18. The van der Waals surface area contributed by atoms with E-state index in [2.05, 4.69) is 4.74 Å². The van der Waals surface area contributed by atoms with Crippen LogP contribution in [-0.2, 0) is 16.0 Å². The van der Waals surface area contributed by atoms with E-state index in [4.69, 9.17) is 5.73 Å². The summed E-state index contributed by atoms with van der Waals surface area (Å²) in [7, 11) is 1.28. The summed E-state index contributed by atoms with van der Waals surface area (Å²) < 4.78 is 4.59. The van der Waals surface area contributed by atoms with E-state index in [1.54, 1.807) is 12.1 Å². The number of rotatable bonds is 7. The van der Waals surface area contributed by atoms with Crippen LogP contribution in [0.15, 0.2) is 42.5 Å². The second kappa shape index (κ2) is 8.26. The Bertz CT molecular complexity index is 813. The van der Waals surface area contributed by atoms with Gasteiger partial charge in [0.2, 0.25) is 0 Å². The zero-order valence-corrected chi connectivity index (χ0v) is 14.1. The number of aryl methyl sites for hydroxylation is 1. The monoisotopic (exact) mass is 357 g/mol. The molecule has 26 heavy (non-hydrogen) atoms. The van der Waals surface area contributed by atoms with Gasteiger partial charge in [0.05, 0.1) is 18.2 Å². The molecular weight excluding hydrogens is 338 g/mol. The number of benzene rings is 2. The molecule has 0 spiro atoms. The molecule has 0 aliphatic heterocycles. The molecule has 2 aromatic rings. The maximum Gasteiger partial charge on any atom is 0.335 e. The van der Waals surface area contributed by atoms with E-state index >= 15 is 0 Å². The molecule has 2 rings (SSSR count). The first-order valence-electron chi connectivity index (χ1n) is 7.86. The Morgan fingerprint density at radius 2 is 1.62 bits per heavy atom. The number of nitrogens with two attached hydrogens (primary N) is 1. The van der Waals surface area contributed by atoms with Crippen LogP contribution in [0.5, 0.6) is 0 Å². The summed E-state index contributed by atoms with van der Waals surface area (Å²) in [5.41, 5.74) is 7.58. The number of hydrogen-bond donors (Lipinski definition) is 3. The molecule has 1 atom stereocenters. The van der Waals surface area contributed by atoms with E-state index in [1.165, 1.54) is 19.2 Å². The first-order valence-corrected chi connectivity index (χ1v) is 7.86. The number of carbonyl (C=O) groups is 3. The Labute approximate surface area is 150 Å². The fourth-order valence-electron chi connectivity index (χ4n) is 2.54. The van der Waals surface area contributed by atoms with Gasteiger partial charge in [0.25, 0.3) is 0 Å². The zero-order valence-electron chi connectivity index (χ0n) is 14.1. The normalized spacial score (nSPS) is 11.6. The van der Waals surface area contributed by atoms with E-state index in [9.17, 15) is 24.6 Å². The standard InChI is InChI=1S/C19H19NO6/c1-26-19(25)16(20)6-5-11-3-2-4-12(7-11)13-8-14(17(21)22)10-15(9-13)18(23)24/h2-4,7-10,16H,5-6,20H2,1H3,(H,21,22)(H,23,24). The molecule has 4 N–H and O–H groups in total. The number of carboxylic acids is 2. The third-order valence-corrected chi connectivity index (χ3v) is 3.94. The van der Waals surface area contributed by atoms with Crippen molar-refractivity contribution in [1.29, 1.82) is 0 Å². The number of aromatic carboxylic acids is 2. The minimum absolute atomic E-state index is 0.0991. The molecule has 136 valence electrons. The molecule has 0 heterocycles. The molecule has 0 amide bonds. The molecule has 0 fully saturated rings. The summed E-state index contributed by atoms with van der Waals surface area (Å²) in [5, 5.41) is 18.4. The lowest BCUT2D eigenvalue weighted by molar-refractivity contribution is -0.142. The van der Waals surface area contributed by atoms with Crippen LogP contribution in [0.4, 0.5) is 0 Å². The Balaban J connectivity index is 2.30. The van der Waals surface area contributed by atoms with Crippen LogP contribution < -0.4 is 5.73 Å². The van der Waals surface area contributed by atoms with Crippen LogP contribution in [0.3, 0.4) is 0 Å². The molecule has 0 aliphatic carbocycles. The summed E-state index contributed by atoms with van der Waals surface area (Å²) in [6.45, 7) is 0. The van der Waals surface area contributed by atoms with E-state index in [1.807, 2.05) is 12.1 Å². The number of carboxylic acid groups (broad SMARTS) is 2. The van der Waals surface area contributed by atoms with Gasteiger partial charge in [-0.15, -0.1) is 0 Å². The van der Waals surface area contributed by atoms with Crippen LogP contribution >= 0.6 is 0 Å². The lowest BCUT2D eigenvalue weighted by Gasteiger charge is -2.11. The van der Waals surface area contributed by atoms with Gasteiger partial charge in [0, 0.05) is 0 Å². The number of hydrogen-bond acceptors (Lipinski definition) is 5. The van der Waals surface area contributed by atoms with E-state index < -0.39 is 23.9 Å². The average molecular weight is 357 g/mol. The molecule has 7 heteroatoms. The fraction of sp³-hybridized carbons (Fsp3) is 0.211. The van der Waals surface area contributed by atoms with Gasteiger partial charge in [-0.1, -0.05) is 24.3 Å². The average Bonchev–Trinajstić information content (AvgIpc) is 2.65. The van der Waals surface area contributed by atoms with E-state index in [-0.39, 0.29) is 11.1 Å². The Morgan fingerprint density at radius 3 is 2.15 bits per heavy atom. The molecule has 2 aromatic carbocycles. The van der Waals surface area contributed by atoms with Gasteiger partial charge in [-0.25, -0.2) is 9.59 Å². The highest BCUT2D eigenvalue weighted by atomic mass is 16.5. The number of methoxy groups -OCH3 is 1. The van der Waals surface area contributed by atoms with Crippen LogP contribution in [0.25, 0.3) is 11.1 Å². The quantitative estimate of drug-likeness (QED) is 0.648. The summed E-state index contributed by atoms with van der Waals surface area (Å²) in [6.07, 6.45) is 0.917. The second-order valence-corrected chi connectivity index (χ2v) is 5.78. The number of carbonyl (C=O) groups excluding carboxylic acids is 1.